The zero-order valence-electron chi connectivity index (χ0n) is 12.9. The van der Waals surface area contributed by atoms with Gasteiger partial charge in [0.1, 0.15) is 5.75 Å². The van der Waals surface area contributed by atoms with Crippen molar-refractivity contribution in [3.63, 3.8) is 0 Å². The van der Waals surface area contributed by atoms with Gasteiger partial charge in [-0.2, -0.15) is 0 Å². The first-order chi connectivity index (χ1) is 10.3. The summed E-state index contributed by atoms with van der Waals surface area (Å²) in [5.74, 6) is 2.53. The standard InChI is InChI=1S/C19H23NO/c1-20-12-14-5-3-4-6-16(14)19-17-11-15(21-2)9-7-13(17)8-10-18(19)20/h7-11,14,16H,3-6,12H2,1-2H3. The SMILES string of the molecule is COc1ccc2ccc3c(c2c1)C1CCCCC1CN3C. The molecule has 0 amide bonds. The molecule has 2 nitrogen and oxygen atoms in total. The number of nitrogens with zero attached hydrogens (tertiary/aromatic N) is 1. The summed E-state index contributed by atoms with van der Waals surface area (Å²) in [4.78, 5) is 2.46. The van der Waals surface area contributed by atoms with Gasteiger partial charge in [0.2, 0.25) is 0 Å². The number of methoxy groups -OCH3 is 1. The Labute approximate surface area is 126 Å². The molecular weight excluding hydrogens is 258 g/mol. The van der Waals surface area contributed by atoms with Crippen molar-refractivity contribution in [2.24, 2.45) is 5.92 Å². The Hall–Kier alpha value is -1.70. The molecule has 2 aromatic carbocycles. The molecule has 1 saturated carbocycles. The van der Waals surface area contributed by atoms with Gasteiger partial charge in [-0.05, 0) is 59.2 Å². The summed E-state index contributed by atoms with van der Waals surface area (Å²) in [6.07, 6.45) is 5.51. The van der Waals surface area contributed by atoms with Crippen molar-refractivity contribution in [3.8, 4) is 5.75 Å². The van der Waals surface area contributed by atoms with Crippen molar-refractivity contribution in [1.82, 2.24) is 0 Å². The van der Waals surface area contributed by atoms with Crippen LogP contribution >= 0.6 is 0 Å². The van der Waals surface area contributed by atoms with Gasteiger partial charge in [0.05, 0.1) is 7.11 Å². The third kappa shape index (κ3) is 2.00. The highest BCUT2D eigenvalue weighted by Crippen LogP contribution is 2.48. The summed E-state index contributed by atoms with van der Waals surface area (Å²) in [7, 11) is 4.00. The number of hydrogen-bond donors (Lipinski definition) is 0. The molecule has 2 aliphatic rings. The van der Waals surface area contributed by atoms with Gasteiger partial charge in [-0.25, -0.2) is 0 Å². The van der Waals surface area contributed by atoms with Gasteiger partial charge in [0, 0.05) is 19.3 Å². The maximum atomic E-state index is 5.46. The summed E-state index contributed by atoms with van der Waals surface area (Å²) < 4.78 is 5.46. The molecule has 1 heterocycles. The third-order valence-electron chi connectivity index (χ3n) is 5.45. The quantitative estimate of drug-likeness (QED) is 0.759. The predicted molar refractivity (Wildman–Crippen MR) is 88.5 cm³/mol. The van der Waals surface area contributed by atoms with E-state index in [1.165, 1.54) is 48.7 Å². The molecule has 1 aliphatic heterocycles. The van der Waals surface area contributed by atoms with E-state index in [4.69, 9.17) is 4.74 Å². The van der Waals surface area contributed by atoms with Gasteiger partial charge in [-0.15, -0.1) is 0 Å². The smallest absolute Gasteiger partial charge is 0.119 e. The molecule has 0 saturated heterocycles. The lowest BCUT2D eigenvalue weighted by molar-refractivity contribution is 0.302. The van der Waals surface area contributed by atoms with Gasteiger partial charge < -0.3 is 9.64 Å². The minimum atomic E-state index is 0.737. The number of anilines is 1. The van der Waals surface area contributed by atoms with E-state index in [0.717, 1.165) is 17.6 Å². The number of ether oxygens (including phenoxy) is 1. The molecular formula is C19H23NO. The van der Waals surface area contributed by atoms with Crippen molar-refractivity contribution in [2.45, 2.75) is 31.6 Å². The molecule has 0 radical (unpaired) electrons. The largest absolute Gasteiger partial charge is 0.497 e. The molecule has 1 fully saturated rings. The summed E-state index contributed by atoms with van der Waals surface area (Å²) in [5, 5.41) is 2.74. The molecule has 2 aromatic rings. The lowest BCUT2D eigenvalue weighted by Gasteiger charge is -2.42. The second kappa shape index (κ2) is 4.94. The van der Waals surface area contributed by atoms with Crippen LogP contribution < -0.4 is 9.64 Å². The topological polar surface area (TPSA) is 12.5 Å². The van der Waals surface area contributed by atoms with Crippen LogP contribution in [0.25, 0.3) is 10.8 Å². The van der Waals surface area contributed by atoms with E-state index in [2.05, 4.69) is 42.3 Å². The van der Waals surface area contributed by atoms with E-state index in [9.17, 15) is 0 Å². The molecule has 2 unspecified atom stereocenters. The highest BCUT2D eigenvalue weighted by atomic mass is 16.5. The lowest BCUT2D eigenvalue weighted by Crippen LogP contribution is -2.36. The van der Waals surface area contributed by atoms with E-state index >= 15 is 0 Å². The van der Waals surface area contributed by atoms with E-state index in [1.54, 1.807) is 12.7 Å². The average molecular weight is 281 g/mol. The van der Waals surface area contributed by atoms with E-state index < -0.39 is 0 Å². The zero-order chi connectivity index (χ0) is 14.4. The zero-order valence-corrected chi connectivity index (χ0v) is 12.9. The van der Waals surface area contributed by atoms with E-state index in [1.807, 2.05) is 0 Å². The van der Waals surface area contributed by atoms with E-state index in [-0.39, 0.29) is 0 Å². The Bertz CT molecular complexity index is 679. The lowest BCUT2D eigenvalue weighted by atomic mass is 9.71. The van der Waals surface area contributed by atoms with Crippen molar-refractivity contribution in [1.29, 1.82) is 0 Å². The average Bonchev–Trinajstić information content (AvgIpc) is 2.54. The monoisotopic (exact) mass is 281 g/mol. The van der Waals surface area contributed by atoms with Crippen LogP contribution in [0.4, 0.5) is 5.69 Å². The molecule has 0 bridgehead atoms. The fraction of sp³-hybridized carbons (Fsp3) is 0.474. The first-order valence-electron chi connectivity index (χ1n) is 8.09. The van der Waals surface area contributed by atoms with Gasteiger partial charge in [-0.3, -0.25) is 0 Å². The van der Waals surface area contributed by atoms with Crippen LogP contribution in [-0.4, -0.2) is 20.7 Å². The Balaban J connectivity index is 1.96. The summed E-state index contributed by atoms with van der Waals surface area (Å²) in [6, 6.07) is 11.1. The molecule has 1 aliphatic carbocycles. The van der Waals surface area contributed by atoms with Crippen LogP contribution in [0.3, 0.4) is 0 Å². The van der Waals surface area contributed by atoms with Crippen LogP contribution in [-0.2, 0) is 0 Å². The van der Waals surface area contributed by atoms with Crippen LogP contribution in [0.15, 0.2) is 30.3 Å². The number of hydrogen-bond acceptors (Lipinski definition) is 2. The fourth-order valence-corrected chi connectivity index (χ4v) is 4.42. The molecule has 110 valence electrons. The third-order valence-corrected chi connectivity index (χ3v) is 5.45. The molecule has 21 heavy (non-hydrogen) atoms. The summed E-state index contributed by atoms with van der Waals surface area (Å²) in [6.45, 7) is 1.22. The normalized spacial score (nSPS) is 24.6. The molecule has 0 aromatic heterocycles. The molecule has 4 rings (SSSR count). The summed E-state index contributed by atoms with van der Waals surface area (Å²) in [5.41, 5.74) is 3.00. The van der Waals surface area contributed by atoms with E-state index in [0.29, 0.717) is 0 Å². The Kier molecular flexibility index (Phi) is 3.06. The highest BCUT2D eigenvalue weighted by Gasteiger charge is 2.34. The Morgan fingerprint density at radius 3 is 2.76 bits per heavy atom. The second-order valence-corrected chi connectivity index (χ2v) is 6.62. The number of rotatable bonds is 1. The number of benzene rings is 2. The molecule has 0 N–H and O–H groups in total. The van der Waals surface area contributed by atoms with Gasteiger partial charge >= 0.3 is 0 Å². The first-order valence-corrected chi connectivity index (χ1v) is 8.09. The van der Waals surface area contributed by atoms with Crippen LogP contribution in [0.5, 0.6) is 5.75 Å². The second-order valence-electron chi connectivity index (χ2n) is 6.62. The van der Waals surface area contributed by atoms with Crippen molar-refractivity contribution in [2.75, 3.05) is 25.6 Å². The fourth-order valence-electron chi connectivity index (χ4n) is 4.42. The Morgan fingerprint density at radius 1 is 1.10 bits per heavy atom. The minimum Gasteiger partial charge on any atom is -0.497 e. The Morgan fingerprint density at radius 2 is 1.90 bits per heavy atom. The molecule has 2 heteroatoms. The maximum Gasteiger partial charge on any atom is 0.119 e. The van der Waals surface area contributed by atoms with Crippen molar-refractivity contribution in [3.05, 3.63) is 35.9 Å². The van der Waals surface area contributed by atoms with Crippen molar-refractivity contribution >= 4 is 16.5 Å². The molecule has 2 atom stereocenters. The van der Waals surface area contributed by atoms with Crippen molar-refractivity contribution < 1.29 is 4.74 Å². The van der Waals surface area contributed by atoms with Crippen LogP contribution in [0.1, 0.15) is 37.2 Å². The number of fused-ring (bicyclic) bond motifs is 5. The highest BCUT2D eigenvalue weighted by molar-refractivity contribution is 5.92. The van der Waals surface area contributed by atoms with Gasteiger partial charge in [-0.1, -0.05) is 25.0 Å². The first kappa shape index (κ1) is 13.0. The summed E-state index contributed by atoms with van der Waals surface area (Å²) >= 11 is 0. The van der Waals surface area contributed by atoms with Crippen LogP contribution in [0.2, 0.25) is 0 Å². The molecule has 0 spiro atoms. The van der Waals surface area contributed by atoms with Gasteiger partial charge in [0.15, 0.2) is 0 Å². The minimum absolute atomic E-state index is 0.737. The predicted octanol–water partition coefficient (Wildman–Crippen LogP) is 4.57. The van der Waals surface area contributed by atoms with Gasteiger partial charge in [0.25, 0.3) is 0 Å². The van der Waals surface area contributed by atoms with Crippen LogP contribution in [0, 0.1) is 5.92 Å². The maximum absolute atomic E-state index is 5.46.